The average molecular weight is 339 g/mol. The van der Waals surface area contributed by atoms with Gasteiger partial charge in [-0.2, -0.15) is 0 Å². The Kier molecular flexibility index (Phi) is 4.66. The monoisotopic (exact) mass is 339 g/mol. The number of anilines is 1. The molecule has 3 rings (SSSR count). The number of carbonyl (C=O) groups is 1. The number of furan rings is 1. The number of aryl methyl sites for hydroxylation is 3. The van der Waals surface area contributed by atoms with Crippen LogP contribution in [0.4, 0.5) is 5.69 Å². The molecule has 2 aromatic heterocycles. The third-order valence-corrected chi connectivity index (χ3v) is 4.26. The van der Waals surface area contributed by atoms with Crippen LogP contribution in [0.2, 0.25) is 0 Å². The van der Waals surface area contributed by atoms with Crippen molar-refractivity contribution in [3.05, 3.63) is 65.4 Å². The van der Waals surface area contributed by atoms with Crippen molar-refractivity contribution in [1.29, 1.82) is 0 Å². The molecule has 1 aromatic carbocycles. The first-order chi connectivity index (χ1) is 11.5. The first-order valence-electron chi connectivity index (χ1n) is 7.47. The van der Waals surface area contributed by atoms with Gasteiger partial charge < -0.3 is 9.73 Å². The van der Waals surface area contributed by atoms with E-state index in [1.165, 1.54) is 18.0 Å². The Morgan fingerprint density at radius 2 is 1.71 bits per heavy atom. The molecule has 1 N–H and O–H groups in total. The number of hydrogen-bond acceptors (Lipinski definition) is 5. The summed E-state index contributed by atoms with van der Waals surface area (Å²) in [7, 11) is 0. The number of nitrogens with zero attached hydrogens (tertiary/aromatic N) is 2. The highest BCUT2D eigenvalue weighted by atomic mass is 32.2. The van der Waals surface area contributed by atoms with E-state index in [0.717, 1.165) is 27.1 Å². The van der Waals surface area contributed by atoms with Gasteiger partial charge in [-0.25, -0.2) is 9.97 Å². The van der Waals surface area contributed by atoms with Gasteiger partial charge in [0, 0.05) is 22.0 Å². The van der Waals surface area contributed by atoms with Crippen molar-refractivity contribution < 1.29 is 9.21 Å². The molecule has 0 aliphatic carbocycles. The third kappa shape index (κ3) is 3.83. The van der Waals surface area contributed by atoms with Gasteiger partial charge >= 0.3 is 0 Å². The van der Waals surface area contributed by atoms with Crippen LogP contribution in [0.1, 0.15) is 27.5 Å². The maximum Gasteiger partial charge on any atom is 0.259 e. The maximum atomic E-state index is 12.2. The molecule has 0 saturated heterocycles. The fourth-order valence-electron chi connectivity index (χ4n) is 2.27. The zero-order chi connectivity index (χ0) is 17.1. The average Bonchev–Trinajstić information content (AvgIpc) is 2.94. The highest BCUT2D eigenvalue weighted by Gasteiger charge is 2.11. The summed E-state index contributed by atoms with van der Waals surface area (Å²) >= 11 is 1.49. The number of amides is 1. The van der Waals surface area contributed by atoms with Gasteiger partial charge in [0.1, 0.15) is 5.76 Å². The van der Waals surface area contributed by atoms with Gasteiger partial charge in [-0.15, -0.1) is 0 Å². The van der Waals surface area contributed by atoms with Crippen LogP contribution in [0, 0.1) is 20.8 Å². The van der Waals surface area contributed by atoms with Crippen LogP contribution in [0.25, 0.3) is 0 Å². The summed E-state index contributed by atoms with van der Waals surface area (Å²) in [5.74, 6) is 0.422. The predicted octanol–water partition coefficient (Wildman–Crippen LogP) is 4.40. The van der Waals surface area contributed by atoms with Crippen LogP contribution < -0.4 is 5.32 Å². The van der Waals surface area contributed by atoms with Gasteiger partial charge in [0.2, 0.25) is 0 Å². The van der Waals surface area contributed by atoms with Crippen molar-refractivity contribution in [3.8, 4) is 0 Å². The molecule has 0 saturated carbocycles. The highest BCUT2D eigenvalue weighted by molar-refractivity contribution is 7.99. The van der Waals surface area contributed by atoms with Gasteiger partial charge in [0.05, 0.1) is 11.8 Å². The van der Waals surface area contributed by atoms with E-state index in [1.54, 1.807) is 13.0 Å². The zero-order valence-corrected chi connectivity index (χ0v) is 14.5. The molecule has 0 fully saturated rings. The smallest absolute Gasteiger partial charge is 0.259 e. The Labute approximate surface area is 144 Å². The summed E-state index contributed by atoms with van der Waals surface area (Å²) in [6, 6.07) is 11.2. The Bertz CT molecular complexity index is 852. The van der Waals surface area contributed by atoms with E-state index in [0.29, 0.717) is 11.3 Å². The minimum atomic E-state index is -0.181. The van der Waals surface area contributed by atoms with Gasteiger partial charge in [0.15, 0.2) is 5.16 Å². The highest BCUT2D eigenvalue weighted by Crippen LogP contribution is 2.26. The normalized spacial score (nSPS) is 10.6. The fourth-order valence-corrected chi connectivity index (χ4v) is 3.13. The molecule has 0 spiro atoms. The molecular formula is C18H17N3O2S. The quantitative estimate of drug-likeness (QED) is 0.714. The molecule has 0 aliphatic rings. The summed E-state index contributed by atoms with van der Waals surface area (Å²) in [6.07, 6.45) is 1.51. The maximum absolute atomic E-state index is 12.2. The number of carbonyl (C=O) groups excluding carboxylic acids is 1. The molecule has 122 valence electrons. The lowest BCUT2D eigenvalue weighted by Crippen LogP contribution is -2.11. The standard InChI is InChI=1S/C18H17N3O2S/c1-11-10-12(2)20-18(19-11)24-15-6-4-14(5-7-15)21-17(22)16-8-9-23-13(16)3/h4-10H,1-3H3,(H,21,22). The molecule has 0 unspecified atom stereocenters. The molecule has 5 nitrogen and oxygen atoms in total. The second-order valence-electron chi connectivity index (χ2n) is 5.40. The van der Waals surface area contributed by atoms with Crippen LogP contribution in [0.3, 0.4) is 0 Å². The molecule has 0 bridgehead atoms. The number of hydrogen-bond donors (Lipinski definition) is 1. The molecule has 0 atom stereocenters. The molecular weight excluding hydrogens is 322 g/mol. The summed E-state index contributed by atoms with van der Waals surface area (Å²) < 4.78 is 5.15. The summed E-state index contributed by atoms with van der Waals surface area (Å²) in [4.78, 5) is 22.0. The lowest BCUT2D eigenvalue weighted by Gasteiger charge is -2.06. The molecule has 0 aliphatic heterocycles. The second kappa shape index (κ2) is 6.88. The fraction of sp³-hybridized carbons (Fsp3) is 0.167. The zero-order valence-electron chi connectivity index (χ0n) is 13.7. The minimum absolute atomic E-state index is 0.181. The van der Waals surface area contributed by atoms with E-state index in [1.807, 2.05) is 44.2 Å². The topological polar surface area (TPSA) is 68.0 Å². The third-order valence-electron chi connectivity index (χ3n) is 3.39. The lowest BCUT2D eigenvalue weighted by atomic mass is 10.2. The van der Waals surface area contributed by atoms with Gasteiger partial charge in [0.25, 0.3) is 5.91 Å². The summed E-state index contributed by atoms with van der Waals surface area (Å²) in [5.41, 5.74) is 3.16. The Balaban J connectivity index is 1.69. The Morgan fingerprint density at radius 3 is 2.29 bits per heavy atom. The van der Waals surface area contributed by atoms with Crippen molar-refractivity contribution in [1.82, 2.24) is 9.97 Å². The van der Waals surface area contributed by atoms with Crippen LogP contribution in [0.15, 0.2) is 57.1 Å². The van der Waals surface area contributed by atoms with E-state index < -0.39 is 0 Å². The molecule has 2 heterocycles. The molecule has 24 heavy (non-hydrogen) atoms. The van der Waals surface area contributed by atoms with E-state index in [2.05, 4.69) is 15.3 Å². The van der Waals surface area contributed by atoms with Crippen LogP contribution in [0.5, 0.6) is 0 Å². The van der Waals surface area contributed by atoms with E-state index in [-0.39, 0.29) is 5.91 Å². The largest absolute Gasteiger partial charge is 0.469 e. The first kappa shape index (κ1) is 16.3. The van der Waals surface area contributed by atoms with E-state index in [4.69, 9.17) is 4.42 Å². The molecule has 3 aromatic rings. The van der Waals surface area contributed by atoms with Gasteiger partial charge in [-0.1, -0.05) is 0 Å². The lowest BCUT2D eigenvalue weighted by molar-refractivity contribution is 0.102. The van der Waals surface area contributed by atoms with Crippen molar-refractivity contribution in [3.63, 3.8) is 0 Å². The van der Waals surface area contributed by atoms with E-state index >= 15 is 0 Å². The van der Waals surface area contributed by atoms with Crippen molar-refractivity contribution in [2.75, 3.05) is 5.32 Å². The first-order valence-corrected chi connectivity index (χ1v) is 8.28. The SMILES string of the molecule is Cc1cc(C)nc(Sc2ccc(NC(=O)c3ccoc3C)cc2)n1. The van der Waals surface area contributed by atoms with Crippen LogP contribution in [-0.4, -0.2) is 15.9 Å². The number of benzene rings is 1. The Hall–Kier alpha value is -2.60. The number of aromatic nitrogens is 2. The molecule has 6 heteroatoms. The molecule has 1 amide bonds. The molecule has 0 radical (unpaired) electrons. The second-order valence-corrected chi connectivity index (χ2v) is 6.44. The van der Waals surface area contributed by atoms with Crippen molar-refractivity contribution >= 4 is 23.4 Å². The summed E-state index contributed by atoms with van der Waals surface area (Å²) in [6.45, 7) is 5.67. The number of rotatable bonds is 4. The van der Waals surface area contributed by atoms with Crippen molar-refractivity contribution in [2.45, 2.75) is 30.8 Å². The predicted molar refractivity (Wildman–Crippen MR) is 93.5 cm³/mol. The van der Waals surface area contributed by atoms with Crippen LogP contribution in [-0.2, 0) is 0 Å². The summed E-state index contributed by atoms with van der Waals surface area (Å²) in [5, 5.41) is 3.58. The van der Waals surface area contributed by atoms with Crippen LogP contribution >= 0.6 is 11.8 Å². The van der Waals surface area contributed by atoms with Gasteiger partial charge in [-0.05, 0) is 68.9 Å². The van der Waals surface area contributed by atoms with Crippen molar-refractivity contribution in [2.24, 2.45) is 0 Å². The Morgan fingerprint density at radius 1 is 1.04 bits per heavy atom. The van der Waals surface area contributed by atoms with Gasteiger partial charge in [-0.3, -0.25) is 4.79 Å². The van der Waals surface area contributed by atoms with E-state index in [9.17, 15) is 4.79 Å². The number of nitrogens with one attached hydrogen (secondary N) is 1. The minimum Gasteiger partial charge on any atom is -0.469 e.